The second-order valence-corrected chi connectivity index (χ2v) is 7.31. The molecule has 1 saturated heterocycles. The molecule has 2 aromatic rings. The molecule has 2 aromatic carbocycles. The number of rotatable bonds is 4. The molecule has 0 unspecified atom stereocenters. The van der Waals surface area contributed by atoms with Gasteiger partial charge in [-0.3, -0.25) is 14.9 Å². The molecule has 0 aromatic heterocycles. The number of fused-ring (bicyclic) bond motifs is 2. The van der Waals surface area contributed by atoms with Crippen LogP contribution < -0.4 is 20.7 Å². The van der Waals surface area contributed by atoms with E-state index in [1.54, 1.807) is 38.3 Å². The summed E-state index contributed by atoms with van der Waals surface area (Å²) in [5, 5.41) is 19.2. The number of methoxy groups -OCH3 is 1. The number of carbonyl (C=O) groups excluding carboxylic acids is 2. The number of benzene rings is 2. The maximum Gasteiger partial charge on any atom is 0.250 e. The van der Waals surface area contributed by atoms with Crippen LogP contribution in [0.25, 0.3) is 0 Å². The van der Waals surface area contributed by atoms with Gasteiger partial charge in [0.05, 0.1) is 19.1 Å². The molecule has 0 radical (unpaired) electrons. The number of aliphatic hydroxyl groups is 1. The van der Waals surface area contributed by atoms with Crippen molar-refractivity contribution in [1.29, 1.82) is 0 Å². The summed E-state index contributed by atoms with van der Waals surface area (Å²) in [6.45, 7) is 1.66. The number of ether oxygens (including phenoxy) is 1. The van der Waals surface area contributed by atoms with Gasteiger partial charge < -0.3 is 20.5 Å². The van der Waals surface area contributed by atoms with Crippen molar-refractivity contribution in [1.82, 2.24) is 5.32 Å². The van der Waals surface area contributed by atoms with Gasteiger partial charge in [-0.1, -0.05) is 18.2 Å². The third-order valence-electron chi connectivity index (χ3n) is 5.64. The summed E-state index contributed by atoms with van der Waals surface area (Å²) >= 11 is 0. The van der Waals surface area contributed by atoms with Crippen molar-refractivity contribution in [2.24, 2.45) is 5.92 Å². The predicted octanol–water partition coefficient (Wildman–Crippen LogP) is 1.84. The molecular formula is C21H23N3O4. The summed E-state index contributed by atoms with van der Waals surface area (Å²) in [6.07, 6.45) is -0.349. The van der Waals surface area contributed by atoms with Gasteiger partial charge in [0.25, 0.3) is 0 Å². The topological polar surface area (TPSA) is 99.7 Å². The predicted molar refractivity (Wildman–Crippen MR) is 105 cm³/mol. The highest BCUT2D eigenvalue weighted by atomic mass is 16.5. The van der Waals surface area contributed by atoms with Crippen molar-refractivity contribution >= 4 is 23.2 Å². The van der Waals surface area contributed by atoms with Gasteiger partial charge >= 0.3 is 0 Å². The fraction of sp³-hybridized carbons (Fsp3) is 0.333. The molecule has 0 aliphatic carbocycles. The zero-order valence-electron chi connectivity index (χ0n) is 15.7. The lowest BCUT2D eigenvalue weighted by molar-refractivity contribution is -0.130. The number of carbonyl (C=O) groups is 2. The van der Waals surface area contributed by atoms with Gasteiger partial charge in [0.15, 0.2) is 0 Å². The Balaban J connectivity index is 1.69. The van der Waals surface area contributed by atoms with Gasteiger partial charge in [-0.2, -0.15) is 0 Å². The number of para-hydroxylation sites is 1. The van der Waals surface area contributed by atoms with E-state index in [2.05, 4.69) is 16.0 Å². The quantitative estimate of drug-likeness (QED) is 0.648. The third-order valence-corrected chi connectivity index (χ3v) is 5.64. The molecule has 146 valence electrons. The summed E-state index contributed by atoms with van der Waals surface area (Å²) in [6, 6.07) is 14.0. The monoisotopic (exact) mass is 381 g/mol. The normalized spacial score (nSPS) is 26.6. The summed E-state index contributed by atoms with van der Waals surface area (Å²) in [5.41, 5.74) is 0.842. The van der Waals surface area contributed by atoms with E-state index in [4.69, 9.17) is 4.74 Å². The van der Waals surface area contributed by atoms with Crippen molar-refractivity contribution in [2.45, 2.75) is 31.0 Å². The molecule has 2 aliphatic rings. The average Bonchev–Trinajstić information content (AvgIpc) is 3.23. The third kappa shape index (κ3) is 2.83. The second-order valence-electron chi connectivity index (χ2n) is 7.31. The lowest BCUT2D eigenvalue weighted by atomic mass is 9.79. The first-order valence-electron chi connectivity index (χ1n) is 9.27. The molecule has 7 nitrogen and oxygen atoms in total. The molecule has 7 heteroatoms. The van der Waals surface area contributed by atoms with Crippen LogP contribution >= 0.6 is 0 Å². The van der Waals surface area contributed by atoms with Crippen LogP contribution in [-0.2, 0) is 15.1 Å². The van der Waals surface area contributed by atoms with Crippen molar-refractivity contribution < 1.29 is 19.4 Å². The first-order chi connectivity index (χ1) is 13.5. The van der Waals surface area contributed by atoms with Crippen LogP contribution in [0, 0.1) is 5.92 Å². The standard InChI is InChI=1S/C21H23N3O4/c1-12(25)18-11-16(19(26)22-13-7-9-14(28-2)10-8-13)21(24-18)15-5-3-4-6-17(15)23-20(21)27/h3-10,12,16,18,24-25H,11H2,1-2H3,(H,22,26)(H,23,27)/t12-,16+,18-,21-/m0/s1. The summed E-state index contributed by atoms with van der Waals surface area (Å²) in [7, 11) is 1.58. The molecule has 2 heterocycles. The molecule has 1 fully saturated rings. The van der Waals surface area contributed by atoms with Gasteiger partial charge in [-0.05, 0) is 43.7 Å². The second kappa shape index (κ2) is 6.92. The summed E-state index contributed by atoms with van der Waals surface area (Å²) in [4.78, 5) is 26.2. The zero-order valence-corrected chi connectivity index (χ0v) is 15.7. The first kappa shape index (κ1) is 18.5. The number of anilines is 2. The van der Waals surface area contributed by atoms with Crippen molar-refractivity contribution in [2.75, 3.05) is 17.7 Å². The lowest BCUT2D eigenvalue weighted by Gasteiger charge is -2.29. The molecular weight excluding hydrogens is 358 g/mol. The number of nitrogens with one attached hydrogen (secondary N) is 3. The Morgan fingerprint density at radius 1 is 1.25 bits per heavy atom. The van der Waals surface area contributed by atoms with E-state index in [9.17, 15) is 14.7 Å². The van der Waals surface area contributed by atoms with Gasteiger partial charge in [-0.15, -0.1) is 0 Å². The molecule has 4 atom stereocenters. The van der Waals surface area contributed by atoms with Crippen molar-refractivity contribution in [3.63, 3.8) is 0 Å². The minimum atomic E-state index is -1.20. The van der Waals surface area contributed by atoms with E-state index >= 15 is 0 Å². The maximum absolute atomic E-state index is 13.2. The Labute approximate surface area is 163 Å². The van der Waals surface area contributed by atoms with Crippen LogP contribution in [0.15, 0.2) is 48.5 Å². The fourth-order valence-corrected chi connectivity index (χ4v) is 4.18. The molecule has 2 aliphatic heterocycles. The molecule has 0 saturated carbocycles. The minimum Gasteiger partial charge on any atom is -0.497 e. The molecule has 4 N–H and O–H groups in total. The van der Waals surface area contributed by atoms with E-state index in [0.29, 0.717) is 23.5 Å². The summed E-state index contributed by atoms with van der Waals surface area (Å²) in [5.74, 6) is -0.521. The van der Waals surface area contributed by atoms with Crippen LogP contribution in [0.4, 0.5) is 11.4 Å². The van der Waals surface area contributed by atoms with Crippen LogP contribution in [0.3, 0.4) is 0 Å². The minimum absolute atomic E-state index is 0.271. The zero-order chi connectivity index (χ0) is 19.9. The number of hydrogen-bond donors (Lipinski definition) is 4. The highest BCUT2D eigenvalue weighted by Gasteiger charge is 2.60. The molecule has 2 amide bonds. The molecule has 4 rings (SSSR count). The van der Waals surface area contributed by atoms with E-state index in [1.165, 1.54) is 0 Å². The first-order valence-corrected chi connectivity index (χ1v) is 9.27. The number of aliphatic hydroxyl groups excluding tert-OH is 1. The van der Waals surface area contributed by atoms with Gasteiger partial charge in [0.2, 0.25) is 11.8 Å². The Morgan fingerprint density at radius 3 is 2.64 bits per heavy atom. The smallest absolute Gasteiger partial charge is 0.250 e. The molecule has 28 heavy (non-hydrogen) atoms. The Morgan fingerprint density at radius 2 is 1.96 bits per heavy atom. The van der Waals surface area contributed by atoms with Gasteiger partial charge in [0.1, 0.15) is 11.3 Å². The molecule has 1 spiro atoms. The van der Waals surface area contributed by atoms with Gasteiger partial charge in [-0.25, -0.2) is 0 Å². The average molecular weight is 381 g/mol. The van der Waals surface area contributed by atoms with Crippen molar-refractivity contribution in [3.8, 4) is 5.75 Å². The highest BCUT2D eigenvalue weighted by Crippen LogP contribution is 2.47. The van der Waals surface area contributed by atoms with Crippen LogP contribution in [-0.4, -0.2) is 36.2 Å². The van der Waals surface area contributed by atoms with E-state index in [1.807, 2.05) is 24.3 Å². The van der Waals surface area contributed by atoms with Crippen molar-refractivity contribution in [3.05, 3.63) is 54.1 Å². The Hall–Kier alpha value is -2.90. The number of amides is 2. The van der Waals surface area contributed by atoms with Crippen LogP contribution in [0.1, 0.15) is 18.9 Å². The summed E-state index contributed by atoms with van der Waals surface area (Å²) < 4.78 is 5.14. The van der Waals surface area contributed by atoms with E-state index in [-0.39, 0.29) is 17.9 Å². The fourth-order valence-electron chi connectivity index (χ4n) is 4.18. The van der Waals surface area contributed by atoms with E-state index in [0.717, 1.165) is 5.56 Å². The largest absolute Gasteiger partial charge is 0.497 e. The van der Waals surface area contributed by atoms with Crippen LogP contribution in [0.5, 0.6) is 5.75 Å². The maximum atomic E-state index is 13.2. The Bertz CT molecular complexity index is 912. The lowest BCUT2D eigenvalue weighted by Crippen LogP contribution is -2.53. The Kier molecular flexibility index (Phi) is 4.56. The number of hydrogen-bond acceptors (Lipinski definition) is 5. The van der Waals surface area contributed by atoms with Gasteiger partial charge in [0, 0.05) is 23.0 Å². The van der Waals surface area contributed by atoms with E-state index < -0.39 is 17.6 Å². The van der Waals surface area contributed by atoms with Crippen LogP contribution in [0.2, 0.25) is 0 Å². The highest BCUT2D eigenvalue weighted by molar-refractivity contribution is 6.10. The SMILES string of the molecule is COc1ccc(NC(=O)[C@H]2C[C@@H]([C@H](C)O)N[C@]23C(=O)Nc2ccccc23)cc1. The molecule has 0 bridgehead atoms.